The molecule has 3 rings (SSSR count). The summed E-state index contributed by atoms with van der Waals surface area (Å²) in [7, 11) is -4.05. The summed E-state index contributed by atoms with van der Waals surface area (Å²) in [5.41, 5.74) is 8.93. The van der Waals surface area contributed by atoms with Crippen LogP contribution in [0.1, 0.15) is 51.6 Å². The highest BCUT2D eigenvalue weighted by molar-refractivity contribution is 7.89. The van der Waals surface area contributed by atoms with Gasteiger partial charge in [-0.3, -0.25) is 10.2 Å². The van der Waals surface area contributed by atoms with Crippen molar-refractivity contribution >= 4 is 33.1 Å². The smallest absolute Gasteiger partial charge is 0.276 e. The van der Waals surface area contributed by atoms with Gasteiger partial charge in [0, 0.05) is 4.88 Å². The van der Waals surface area contributed by atoms with E-state index in [1.165, 1.54) is 41.5 Å². The predicted octanol–water partition coefficient (Wildman–Crippen LogP) is 1.91. The minimum Gasteiger partial charge on any atom is -0.380 e. The van der Waals surface area contributed by atoms with Crippen molar-refractivity contribution in [3.63, 3.8) is 0 Å². The Kier molecular flexibility index (Phi) is 5.11. The number of hydrogen-bond donors (Lipinski definition) is 3. The number of nitrogens with zero attached hydrogens (tertiary/aromatic N) is 1. The lowest BCUT2D eigenvalue weighted by molar-refractivity contribution is 0.0949. The Balaban J connectivity index is 1.72. The lowest BCUT2D eigenvalue weighted by Crippen LogP contribution is -2.41. The number of thiophene rings is 1. The Morgan fingerprint density at radius 3 is 2.68 bits per heavy atom. The number of nitrogens with two attached hydrogens (primary N) is 1. The molecule has 1 amide bonds. The minimum absolute atomic E-state index is 0.0540. The molecule has 1 aliphatic rings. The number of carbonyl (C=O) groups is 1. The molecule has 1 aliphatic carbocycles. The van der Waals surface area contributed by atoms with Crippen molar-refractivity contribution in [2.45, 2.75) is 50.3 Å². The van der Waals surface area contributed by atoms with Crippen molar-refractivity contribution in [1.29, 1.82) is 0 Å². The molecule has 25 heavy (non-hydrogen) atoms. The molecule has 4 N–H and O–H groups in total. The van der Waals surface area contributed by atoms with Gasteiger partial charge in [0.15, 0.2) is 16.5 Å². The fourth-order valence-electron chi connectivity index (χ4n) is 2.89. The van der Waals surface area contributed by atoms with Crippen LogP contribution in [-0.2, 0) is 22.9 Å². The molecular formula is C15H20N4O4S2. The van der Waals surface area contributed by atoms with E-state index in [9.17, 15) is 13.2 Å². The number of amides is 1. The molecule has 2 heterocycles. The molecule has 0 spiro atoms. The number of nitrogen functional groups attached to an aromatic ring is 1. The van der Waals surface area contributed by atoms with Gasteiger partial charge in [-0.15, -0.1) is 16.2 Å². The van der Waals surface area contributed by atoms with Crippen LogP contribution in [0.3, 0.4) is 0 Å². The van der Waals surface area contributed by atoms with E-state index in [1.54, 1.807) is 0 Å². The van der Waals surface area contributed by atoms with Crippen LogP contribution in [0.4, 0.5) is 5.82 Å². The van der Waals surface area contributed by atoms with Crippen LogP contribution in [0, 0.1) is 6.92 Å². The number of fused-ring (bicyclic) bond motifs is 1. The number of carbonyl (C=O) groups excluding carboxylic acids is 1. The first kappa shape index (κ1) is 17.9. The Morgan fingerprint density at radius 1 is 1.28 bits per heavy atom. The molecule has 0 aromatic carbocycles. The molecule has 0 radical (unpaired) electrons. The zero-order valence-electron chi connectivity index (χ0n) is 13.8. The van der Waals surface area contributed by atoms with Gasteiger partial charge in [0.25, 0.3) is 15.9 Å². The molecule has 0 unspecified atom stereocenters. The summed E-state index contributed by atoms with van der Waals surface area (Å²) in [4.78, 5) is 15.8. The second-order valence-corrected chi connectivity index (χ2v) is 8.74. The quantitative estimate of drug-likeness (QED) is 0.691. The fraction of sp³-hybridized carbons (Fsp3) is 0.467. The van der Waals surface area contributed by atoms with Crippen LogP contribution >= 0.6 is 11.3 Å². The van der Waals surface area contributed by atoms with Crippen LogP contribution in [-0.4, -0.2) is 19.5 Å². The first-order valence-electron chi connectivity index (χ1n) is 8.04. The lowest BCUT2D eigenvalue weighted by Gasteiger charge is -2.07. The van der Waals surface area contributed by atoms with Gasteiger partial charge in [0.2, 0.25) is 0 Å². The highest BCUT2D eigenvalue weighted by Crippen LogP contribution is 2.28. The van der Waals surface area contributed by atoms with Gasteiger partial charge >= 0.3 is 0 Å². The van der Waals surface area contributed by atoms with E-state index in [0.29, 0.717) is 4.88 Å². The van der Waals surface area contributed by atoms with Gasteiger partial charge in [-0.05, 0) is 44.2 Å². The van der Waals surface area contributed by atoms with Crippen molar-refractivity contribution in [3.8, 4) is 0 Å². The normalized spacial score (nSPS) is 15.2. The maximum absolute atomic E-state index is 12.3. The minimum atomic E-state index is -4.05. The van der Waals surface area contributed by atoms with Crippen LogP contribution in [0.25, 0.3) is 0 Å². The first-order valence-corrected chi connectivity index (χ1v) is 10.3. The maximum Gasteiger partial charge on any atom is 0.276 e. The molecule has 0 atom stereocenters. The highest BCUT2D eigenvalue weighted by Gasteiger charge is 2.26. The Bertz CT molecular complexity index is 840. The number of aryl methyl sites for hydroxylation is 3. The van der Waals surface area contributed by atoms with Gasteiger partial charge in [0.1, 0.15) is 0 Å². The zero-order valence-corrected chi connectivity index (χ0v) is 15.4. The first-order chi connectivity index (χ1) is 11.9. The SMILES string of the molecule is Cc1onc(N)c1S(=O)(=O)NNC(=O)c1cc2c(s1)CCCCCC2. The molecule has 0 bridgehead atoms. The second kappa shape index (κ2) is 7.14. The molecular weight excluding hydrogens is 364 g/mol. The molecule has 2 aromatic rings. The zero-order chi connectivity index (χ0) is 18.0. The van der Waals surface area contributed by atoms with E-state index in [2.05, 4.69) is 10.6 Å². The predicted molar refractivity (Wildman–Crippen MR) is 93.6 cm³/mol. The molecule has 0 fully saturated rings. The molecule has 8 nitrogen and oxygen atoms in total. The molecule has 0 aliphatic heterocycles. The van der Waals surface area contributed by atoms with E-state index in [1.807, 2.05) is 10.9 Å². The molecule has 0 saturated heterocycles. The van der Waals surface area contributed by atoms with Gasteiger partial charge in [0.05, 0.1) is 4.88 Å². The molecule has 10 heteroatoms. The lowest BCUT2D eigenvalue weighted by atomic mass is 10.00. The second-order valence-electron chi connectivity index (χ2n) is 5.99. The van der Waals surface area contributed by atoms with Crippen molar-refractivity contribution in [2.24, 2.45) is 0 Å². The van der Waals surface area contributed by atoms with Crippen LogP contribution in [0.5, 0.6) is 0 Å². The van der Waals surface area contributed by atoms with Crippen molar-refractivity contribution in [2.75, 3.05) is 5.73 Å². The van der Waals surface area contributed by atoms with E-state index in [0.717, 1.165) is 25.7 Å². The number of sulfonamides is 1. The van der Waals surface area contributed by atoms with Gasteiger partial charge < -0.3 is 10.3 Å². The molecule has 136 valence electrons. The summed E-state index contributed by atoms with van der Waals surface area (Å²) < 4.78 is 29.3. The molecule has 0 saturated carbocycles. The van der Waals surface area contributed by atoms with E-state index in [-0.39, 0.29) is 16.5 Å². The third-order valence-electron chi connectivity index (χ3n) is 4.12. The monoisotopic (exact) mass is 384 g/mol. The van der Waals surface area contributed by atoms with E-state index < -0.39 is 15.9 Å². The largest absolute Gasteiger partial charge is 0.380 e. The molecule has 2 aromatic heterocycles. The Labute approximate surface area is 149 Å². The Hall–Kier alpha value is -1.91. The fourth-order valence-corrected chi connectivity index (χ4v) is 5.10. The number of hydrogen-bond acceptors (Lipinski definition) is 7. The number of aromatic nitrogens is 1. The summed E-state index contributed by atoms with van der Waals surface area (Å²) in [6.07, 6.45) is 6.57. The average Bonchev–Trinajstić information content (AvgIpc) is 3.08. The van der Waals surface area contributed by atoms with E-state index >= 15 is 0 Å². The van der Waals surface area contributed by atoms with Crippen molar-refractivity contribution < 1.29 is 17.7 Å². The van der Waals surface area contributed by atoms with Crippen LogP contribution < -0.4 is 16.0 Å². The third kappa shape index (κ3) is 3.86. The maximum atomic E-state index is 12.3. The highest BCUT2D eigenvalue weighted by atomic mass is 32.2. The van der Waals surface area contributed by atoms with Crippen molar-refractivity contribution in [3.05, 3.63) is 27.1 Å². The van der Waals surface area contributed by atoms with Crippen LogP contribution in [0.15, 0.2) is 15.5 Å². The third-order valence-corrected chi connectivity index (χ3v) is 6.76. The topological polar surface area (TPSA) is 127 Å². The van der Waals surface area contributed by atoms with Crippen LogP contribution in [0.2, 0.25) is 0 Å². The van der Waals surface area contributed by atoms with Gasteiger partial charge in [-0.25, -0.2) is 8.42 Å². The van der Waals surface area contributed by atoms with Gasteiger partial charge in [-0.1, -0.05) is 18.0 Å². The number of rotatable bonds is 4. The standard InChI is InChI=1S/C15H20N4O4S2/c1-9-13(14(16)18-23-9)25(21,22)19-17-15(20)12-8-10-6-4-2-3-5-7-11(10)24-12/h8,19H,2-7H2,1H3,(H2,16,18)(H,17,20). The van der Waals surface area contributed by atoms with Gasteiger partial charge in [-0.2, -0.15) is 0 Å². The summed E-state index contributed by atoms with van der Waals surface area (Å²) in [6.45, 7) is 1.43. The summed E-state index contributed by atoms with van der Waals surface area (Å²) >= 11 is 1.42. The van der Waals surface area contributed by atoms with Crippen molar-refractivity contribution in [1.82, 2.24) is 15.4 Å². The Morgan fingerprint density at radius 2 is 2.00 bits per heavy atom. The summed E-state index contributed by atoms with van der Waals surface area (Å²) in [5, 5.41) is 3.40. The average molecular weight is 384 g/mol. The number of nitrogens with one attached hydrogen (secondary N) is 2. The van der Waals surface area contributed by atoms with E-state index in [4.69, 9.17) is 10.3 Å². The number of hydrazine groups is 1. The summed E-state index contributed by atoms with van der Waals surface area (Å²) in [5.74, 6) is -0.690. The number of anilines is 1. The summed E-state index contributed by atoms with van der Waals surface area (Å²) in [6, 6.07) is 1.86.